The van der Waals surface area contributed by atoms with Crippen molar-refractivity contribution in [1.82, 2.24) is 14.8 Å². The van der Waals surface area contributed by atoms with Crippen LogP contribution in [0.1, 0.15) is 20.8 Å². The zero-order chi connectivity index (χ0) is 13.5. The van der Waals surface area contributed by atoms with Crippen LogP contribution in [0.15, 0.2) is 18.2 Å². The number of nitrogens with one attached hydrogen (secondary N) is 1. The Morgan fingerprint density at radius 3 is 2.56 bits per heavy atom. The molecule has 2 rings (SSSR count). The normalized spacial score (nSPS) is 11.8. The third-order valence-corrected chi connectivity index (χ3v) is 2.81. The van der Waals surface area contributed by atoms with Gasteiger partial charge in [-0.15, -0.1) is 0 Å². The summed E-state index contributed by atoms with van der Waals surface area (Å²) >= 11 is 5.13. The second-order valence-corrected chi connectivity index (χ2v) is 5.35. The average Bonchev–Trinajstić information content (AvgIpc) is 2.64. The molecule has 0 aliphatic carbocycles. The Kier molecular flexibility index (Phi) is 3.06. The molecule has 6 heteroatoms. The molecule has 18 heavy (non-hydrogen) atoms. The first-order valence-electron chi connectivity index (χ1n) is 5.44. The minimum Gasteiger partial charge on any atom is -0.295 e. The molecule has 1 N–H and O–H groups in total. The van der Waals surface area contributed by atoms with Crippen LogP contribution >= 0.6 is 12.2 Å². The van der Waals surface area contributed by atoms with Crippen LogP contribution in [0.2, 0.25) is 0 Å². The van der Waals surface area contributed by atoms with Crippen LogP contribution in [0.3, 0.4) is 0 Å². The molecule has 1 heterocycles. The maximum atomic E-state index is 13.8. The summed E-state index contributed by atoms with van der Waals surface area (Å²) in [7, 11) is 0. The lowest BCUT2D eigenvalue weighted by molar-refractivity contribution is 0.394. The Balaban J connectivity index is 2.74. The van der Waals surface area contributed by atoms with Crippen LogP contribution in [0.25, 0.3) is 11.4 Å². The number of halogens is 2. The molecular formula is C12H13F2N3S. The molecule has 0 saturated heterocycles. The van der Waals surface area contributed by atoms with Crippen molar-refractivity contribution in [2.45, 2.75) is 26.3 Å². The lowest BCUT2D eigenvalue weighted by atomic mass is 10.1. The Morgan fingerprint density at radius 2 is 1.94 bits per heavy atom. The molecule has 0 fully saturated rings. The highest BCUT2D eigenvalue weighted by Crippen LogP contribution is 2.27. The van der Waals surface area contributed by atoms with Gasteiger partial charge in [-0.25, -0.2) is 8.78 Å². The van der Waals surface area contributed by atoms with E-state index in [2.05, 4.69) is 10.2 Å². The summed E-state index contributed by atoms with van der Waals surface area (Å²) in [4.78, 5) is 0. The van der Waals surface area contributed by atoms with Crippen molar-refractivity contribution in [1.29, 1.82) is 0 Å². The van der Waals surface area contributed by atoms with Gasteiger partial charge in [-0.3, -0.25) is 9.67 Å². The number of nitrogens with zero attached hydrogens (tertiary/aromatic N) is 2. The van der Waals surface area contributed by atoms with Gasteiger partial charge in [0.2, 0.25) is 0 Å². The molecule has 0 spiro atoms. The lowest BCUT2D eigenvalue weighted by Crippen LogP contribution is -2.23. The first-order valence-corrected chi connectivity index (χ1v) is 5.85. The van der Waals surface area contributed by atoms with Crippen LogP contribution < -0.4 is 0 Å². The quantitative estimate of drug-likeness (QED) is 0.802. The number of aromatic nitrogens is 3. The van der Waals surface area contributed by atoms with E-state index in [9.17, 15) is 8.78 Å². The van der Waals surface area contributed by atoms with Crippen molar-refractivity contribution >= 4 is 12.2 Å². The van der Waals surface area contributed by atoms with Gasteiger partial charge in [0.25, 0.3) is 0 Å². The summed E-state index contributed by atoms with van der Waals surface area (Å²) in [5, 5.41) is 6.61. The van der Waals surface area contributed by atoms with E-state index in [1.54, 1.807) is 4.57 Å². The van der Waals surface area contributed by atoms with E-state index in [1.165, 1.54) is 12.1 Å². The van der Waals surface area contributed by atoms with Crippen LogP contribution in [-0.2, 0) is 5.54 Å². The van der Waals surface area contributed by atoms with E-state index in [0.717, 1.165) is 6.07 Å². The third-order valence-electron chi connectivity index (χ3n) is 2.54. The van der Waals surface area contributed by atoms with E-state index >= 15 is 0 Å². The van der Waals surface area contributed by atoms with Gasteiger partial charge in [-0.1, -0.05) is 6.07 Å². The zero-order valence-electron chi connectivity index (χ0n) is 10.3. The summed E-state index contributed by atoms with van der Waals surface area (Å²) in [6, 6.07) is 3.99. The van der Waals surface area contributed by atoms with E-state index < -0.39 is 11.6 Å². The molecular weight excluding hydrogens is 256 g/mol. The lowest BCUT2D eigenvalue weighted by Gasteiger charge is -2.22. The fourth-order valence-corrected chi connectivity index (χ4v) is 2.18. The van der Waals surface area contributed by atoms with Gasteiger partial charge in [0.05, 0.1) is 5.56 Å². The maximum absolute atomic E-state index is 13.8. The second-order valence-electron chi connectivity index (χ2n) is 4.96. The van der Waals surface area contributed by atoms with Crippen molar-refractivity contribution < 1.29 is 8.78 Å². The highest BCUT2D eigenvalue weighted by Gasteiger charge is 2.23. The van der Waals surface area contributed by atoms with E-state index in [0.29, 0.717) is 10.6 Å². The van der Waals surface area contributed by atoms with Crippen LogP contribution in [-0.4, -0.2) is 14.8 Å². The zero-order valence-corrected chi connectivity index (χ0v) is 11.1. The molecule has 0 aliphatic heterocycles. The smallest absolute Gasteiger partial charge is 0.195 e. The van der Waals surface area contributed by atoms with E-state index in [-0.39, 0.29) is 11.1 Å². The predicted octanol–water partition coefficient (Wildman–Crippen LogP) is 3.64. The summed E-state index contributed by atoms with van der Waals surface area (Å²) < 4.78 is 29.1. The van der Waals surface area contributed by atoms with Crippen LogP contribution in [0, 0.1) is 16.4 Å². The molecule has 3 nitrogen and oxygen atoms in total. The topological polar surface area (TPSA) is 33.6 Å². The highest BCUT2D eigenvalue weighted by atomic mass is 32.1. The number of hydrogen-bond donors (Lipinski definition) is 1. The highest BCUT2D eigenvalue weighted by molar-refractivity contribution is 7.71. The first kappa shape index (κ1) is 12.9. The molecule has 2 aromatic rings. The number of rotatable bonds is 1. The summed E-state index contributed by atoms with van der Waals surface area (Å²) in [5.41, 5.74) is -0.282. The van der Waals surface area contributed by atoms with Gasteiger partial charge in [0, 0.05) is 5.54 Å². The number of benzene rings is 1. The SMILES string of the molecule is CC(C)(C)n1c(-c2cccc(F)c2F)n[nH]c1=S. The van der Waals surface area contributed by atoms with Crippen molar-refractivity contribution in [3.8, 4) is 11.4 Å². The summed E-state index contributed by atoms with van der Waals surface area (Å²) in [6.07, 6.45) is 0. The molecule has 0 amide bonds. The molecule has 0 radical (unpaired) electrons. The van der Waals surface area contributed by atoms with Gasteiger partial charge >= 0.3 is 0 Å². The maximum Gasteiger partial charge on any atom is 0.195 e. The Morgan fingerprint density at radius 1 is 1.28 bits per heavy atom. The molecule has 96 valence electrons. The van der Waals surface area contributed by atoms with Crippen molar-refractivity contribution in [3.63, 3.8) is 0 Å². The van der Waals surface area contributed by atoms with Crippen LogP contribution in [0.5, 0.6) is 0 Å². The Hall–Kier alpha value is -1.56. The number of hydrogen-bond acceptors (Lipinski definition) is 2. The average molecular weight is 269 g/mol. The van der Waals surface area contributed by atoms with Crippen LogP contribution in [0.4, 0.5) is 8.78 Å². The Labute approximate surface area is 108 Å². The molecule has 1 aromatic heterocycles. The van der Waals surface area contributed by atoms with Gasteiger partial charge in [0.15, 0.2) is 22.2 Å². The van der Waals surface area contributed by atoms with E-state index in [4.69, 9.17) is 12.2 Å². The third kappa shape index (κ3) is 2.08. The number of aromatic amines is 1. The Bertz CT molecular complexity index is 638. The minimum absolute atomic E-state index is 0.0947. The molecule has 0 saturated carbocycles. The summed E-state index contributed by atoms with van der Waals surface area (Å²) in [5.74, 6) is -1.52. The standard InChI is InChI=1S/C12H13F2N3S/c1-12(2,3)17-10(15-16-11(17)18)7-5-4-6-8(13)9(7)14/h4-6H,1-3H3,(H,16,18). The van der Waals surface area contributed by atoms with Gasteiger partial charge in [0.1, 0.15) is 0 Å². The predicted molar refractivity (Wildman–Crippen MR) is 67.8 cm³/mol. The van der Waals surface area contributed by atoms with Crippen molar-refractivity contribution in [3.05, 3.63) is 34.6 Å². The van der Waals surface area contributed by atoms with Crippen molar-refractivity contribution in [2.75, 3.05) is 0 Å². The fourth-order valence-electron chi connectivity index (χ4n) is 1.78. The largest absolute Gasteiger partial charge is 0.295 e. The second kappa shape index (κ2) is 4.28. The monoisotopic (exact) mass is 269 g/mol. The number of H-pyrrole nitrogens is 1. The summed E-state index contributed by atoms with van der Waals surface area (Å²) in [6.45, 7) is 5.75. The van der Waals surface area contributed by atoms with Gasteiger partial charge in [-0.2, -0.15) is 5.10 Å². The van der Waals surface area contributed by atoms with Gasteiger partial charge in [-0.05, 0) is 45.1 Å². The molecule has 1 aromatic carbocycles. The minimum atomic E-state index is -0.919. The van der Waals surface area contributed by atoms with Gasteiger partial charge < -0.3 is 0 Å². The molecule has 0 bridgehead atoms. The molecule has 0 atom stereocenters. The molecule has 0 unspecified atom stereocenters. The molecule has 0 aliphatic rings. The fraction of sp³-hybridized carbons (Fsp3) is 0.333. The first-order chi connectivity index (χ1) is 8.32. The van der Waals surface area contributed by atoms with E-state index in [1.807, 2.05) is 20.8 Å². The van der Waals surface area contributed by atoms with Crippen molar-refractivity contribution in [2.24, 2.45) is 0 Å².